The van der Waals surface area contributed by atoms with E-state index in [0.717, 1.165) is 6.42 Å². The zero-order chi connectivity index (χ0) is 14.4. The Kier molecular flexibility index (Phi) is 14.2. The fourth-order valence-electron chi connectivity index (χ4n) is 0.933. The lowest BCUT2D eigenvalue weighted by Crippen LogP contribution is -2.20. The van der Waals surface area contributed by atoms with Crippen molar-refractivity contribution in [1.29, 1.82) is 0 Å². The second-order valence-electron chi connectivity index (χ2n) is 3.56. The van der Waals surface area contributed by atoms with E-state index >= 15 is 0 Å². The van der Waals surface area contributed by atoms with Gasteiger partial charge >= 0.3 is 12.3 Å². The Balaban J connectivity index is 0. The molecule has 0 aliphatic heterocycles. The molecule has 18 heavy (non-hydrogen) atoms. The minimum atomic E-state index is -1.45. The summed E-state index contributed by atoms with van der Waals surface area (Å²) in [5, 5.41) is 24.3. The first-order valence-electron chi connectivity index (χ1n) is 5.80. The van der Waals surface area contributed by atoms with Crippen LogP contribution in [-0.4, -0.2) is 46.9 Å². The summed E-state index contributed by atoms with van der Waals surface area (Å²) in [6.45, 7) is 3.62. The lowest BCUT2D eigenvalue weighted by molar-refractivity contribution is 0.0122. The van der Waals surface area contributed by atoms with E-state index in [2.05, 4.69) is 16.4 Å². The maximum Gasteiger partial charge on any atom is 0.506 e. The van der Waals surface area contributed by atoms with Gasteiger partial charge in [0.2, 0.25) is 0 Å². The highest BCUT2D eigenvalue weighted by molar-refractivity contribution is 5.58. The predicted molar refractivity (Wildman–Crippen MR) is 63.8 cm³/mol. The van der Waals surface area contributed by atoms with Gasteiger partial charge in [0.15, 0.2) is 0 Å². The van der Waals surface area contributed by atoms with Crippen molar-refractivity contribution < 1.29 is 34.4 Å². The van der Waals surface area contributed by atoms with Crippen LogP contribution in [0, 0.1) is 0 Å². The van der Waals surface area contributed by atoms with Crippen LogP contribution in [0.25, 0.3) is 0 Å². The lowest BCUT2D eigenvalue weighted by Gasteiger charge is -2.08. The minimum Gasteiger partial charge on any atom is -0.450 e. The second kappa shape index (κ2) is 13.6. The summed E-state index contributed by atoms with van der Waals surface area (Å²) in [4.78, 5) is 19.6. The van der Waals surface area contributed by atoms with Gasteiger partial charge in [0.1, 0.15) is 12.7 Å². The van der Waals surface area contributed by atoms with E-state index in [-0.39, 0.29) is 6.61 Å². The Morgan fingerprint density at radius 2 is 1.72 bits per heavy atom. The Hall–Kier alpha value is -1.50. The normalized spacial score (nSPS) is 10.8. The van der Waals surface area contributed by atoms with Crippen molar-refractivity contribution in [2.75, 3.05) is 13.2 Å². The molecule has 0 saturated heterocycles. The molecular weight excluding hydrogens is 244 g/mol. The Labute approximate surface area is 106 Å². The van der Waals surface area contributed by atoms with Crippen LogP contribution in [0.2, 0.25) is 0 Å². The van der Waals surface area contributed by atoms with Gasteiger partial charge in [-0.05, 0) is 13.3 Å². The smallest absolute Gasteiger partial charge is 0.450 e. The van der Waals surface area contributed by atoms with E-state index in [1.54, 1.807) is 0 Å². The predicted octanol–water partition coefficient (Wildman–Crippen LogP) is 2.32. The fraction of sp³-hybridized carbons (Fsp3) is 0.818. The minimum absolute atomic E-state index is 0.290. The van der Waals surface area contributed by atoms with Gasteiger partial charge in [0.25, 0.3) is 0 Å². The van der Waals surface area contributed by atoms with Gasteiger partial charge in [-0.1, -0.05) is 26.2 Å². The molecule has 7 nitrogen and oxygen atoms in total. The van der Waals surface area contributed by atoms with E-state index < -0.39 is 18.4 Å². The largest absolute Gasteiger partial charge is 0.506 e. The van der Waals surface area contributed by atoms with Crippen molar-refractivity contribution in [3.8, 4) is 0 Å². The number of aliphatic hydroxyl groups is 1. The van der Waals surface area contributed by atoms with E-state index in [9.17, 15) is 9.59 Å². The van der Waals surface area contributed by atoms with Crippen LogP contribution in [0.5, 0.6) is 0 Å². The molecule has 0 aliphatic rings. The summed E-state index contributed by atoms with van der Waals surface area (Å²) < 4.78 is 8.16. The number of unbranched alkanes of at least 4 members (excludes halogenated alkanes) is 3. The number of hydrogen-bond acceptors (Lipinski definition) is 5. The molecule has 0 saturated carbocycles. The lowest BCUT2D eigenvalue weighted by atomic mass is 10.2. The average molecular weight is 266 g/mol. The molecule has 0 aromatic rings. The highest BCUT2D eigenvalue weighted by Gasteiger charge is 2.09. The number of carbonyl (C=O) groups is 2. The Morgan fingerprint density at radius 1 is 1.11 bits per heavy atom. The topological polar surface area (TPSA) is 113 Å². The van der Waals surface area contributed by atoms with Crippen molar-refractivity contribution in [2.45, 2.75) is 45.6 Å². The van der Waals surface area contributed by atoms with E-state index in [1.165, 1.54) is 26.2 Å². The van der Waals surface area contributed by atoms with Gasteiger partial charge in [-0.25, -0.2) is 9.59 Å². The van der Waals surface area contributed by atoms with Gasteiger partial charge in [0, 0.05) is 6.61 Å². The van der Waals surface area contributed by atoms with Crippen molar-refractivity contribution in [3.63, 3.8) is 0 Å². The number of hydrogen-bond donors (Lipinski definition) is 3. The molecule has 0 aliphatic carbocycles. The molecular formula is C11H22O7. The second-order valence-corrected chi connectivity index (χ2v) is 3.56. The Morgan fingerprint density at radius 3 is 2.11 bits per heavy atom. The molecule has 0 radical (unpaired) electrons. The van der Waals surface area contributed by atoms with E-state index in [4.69, 9.17) is 15.3 Å². The molecule has 0 aromatic heterocycles. The van der Waals surface area contributed by atoms with Gasteiger partial charge in [0.05, 0.1) is 0 Å². The third-order valence-corrected chi connectivity index (χ3v) is 1.76. The molecule has 3 N–H and O–H groups in total. The van der Waals surface area contributed by atoms with Crippen molar-refractivity contribution in [1.82, 2.24) is 0 Å². The van der Waals surface area contributed by atoms with Crippen molar-refractivity contribution >= 4 is 12.3 Å². The standard InChI is InChI=1S/C6H14O.C5H8O6/c1-2-3-4-5-6-7;1-3(11-5(8)9)2-10-4(6)7/h7H,2-6H2,1H3;3H,2H2,1H3,(H,6,7)(H,8,9). The fourth-order valence-corrected chi connectivity index (χ4v) is 0.933. The Bertz CT molecular complexity index is 213. The molecule has 0 heterocycles. The van der Waals surface area contributed by atoms with Crippen LogP contribution in [0.15, 0.2) is 0 Å². The summed E-state index contributed by atoms with van der Waals surface area (Å²) in [5.41, 5.74) is 0. The van der Waals surface area contributed by atoms with Crippen LogP contribution in [0.3, 0.4) is 0 Å². The van der Waals surface area contributed by atoms with Gasteiger partial charge in [-0.2, -0.15) is 0 Å². The van der Waals surface area contributed by atoms with Crippen LogP contribution in [-0.2, 0) is 9.47 Å². The summed E-state index contributed by atoms with van der Waals surface area (Å²) in [5.74, 6) is 0. The van der Waals surface area contributed by atoms with Gasteiger partial charge < -0.3 is 24.8 Å². The molecule has 0 fully saturated rings. The average Bonchev–Trinajstić information content (AvgIpc) is 2.27. The van der Waals surface area contributed by atoms with Crippen LogP contribution in [0.4, 0.5) is 9.59 Å². The molecule has 0 spiro atoms. The maximum absolute atomic E-state index is 9.83. The first-order chi connectivity index (χ1) is 8.43. The zero-order valence-electron chi connectivity index (χ0n) is 10.8. The molecule has 1 atom stereocenters. The first-order valence-corrected chi connectivity index (χ1v) is 5.80. The number of aliphatic hydroxyl groups excluding tert-OH is 1. The number of rotatable bonds is 7. The highest BCUT2D eigenvalue weighted by Crippen LogP contribution is 1.96. The number of ether oxygens (including phenoxy) is 2. The maximum atomic E-state index is 9.83. The SMILES string of the molecule is CC(COC(=O)O)OC(=O)O.CCCCCCO. The molecule has 0 bridgehead atoms. The molecule has 0 amide bonds. The van der Waals surface area contributed by atoms with E-state index in [0.29, 0.717) is 6.61 Å². The molecule has 0 aromatic carbocycles. The summed E-state index contributed by atoms with van der Waals surface area (Å²) in [6.07, 6.45) is 1.00. The van der Waals surface area contributed by atoms with Gasteiger partial charge in [-0.3, -0.25) is 0 Å². The van der Waals surface area contributed by atoms with Crippen LogP contribution >= 0.6 is 0 Å². The van der Waals surface area contributed by atoms with Crippen LogP contribution < -0.4 is 0 Å². The summed E-state index contributed by atoms with van der Waals surface area (Å²) in [6, 6.07) is 0. The van der Waals surface area contributed by atoms with E-state index in [1.807, 2.05) is 0 Å². The quantitative estimate of drug-likeness (QED) is 0.478. The van der Waals surface area contributed by atoms with Crippen molar-refractivity contribution in [2.24, 2.45) is 0 Å². The third-order valence-electron chi connectivity index (χ3n) is 1.76. The number of carboxylic acid groups (broad SMARTS) is 2. The third kappa shape index (κ3) is 20.0. The summed E-state index contributed by atoms with van der Waals surface area (Å²) >= 11 is 0. The molecule has 7 heteroatoms. The molecule has 0 rings (SSSR count). The zero-order valence-corrected chi connectivity index (χ0v) is 10.8. The van der Waals surface area contributed by atoms with Gasteiger partial charge in [-0.15, -0.1) is 0 Å². The molecule has 108 valence electrons. The van der Waals surface area contributed by atoms with Crippen LogP contribution in [0.1, 0.15) is 39.5 Å². The highest BCUT2D eigenvalue weighted by atomic mass is 16.7. The summed E-state index contributed by atoms with van der Waals surface area (Å²) in [7, 11) is 0. The molecule has 1 unspecified atom stereocenters. The first kappa shape index (κ1) is 18.9. The van der Waals surface area contributed by atoms with Crippen molar-refractivity contribution in [3.05, 3.63) is 0 Å². The monoisotopic (exact) mass is 266 g/mol.